The van der Waals surface area contributed by atoms with E-state index in [0.29, 0.717) is 5.56 Å². The highest BCUT2D eigenvalue weighted by atomic mass is 16.6. The first kappa shape index (κ1) is 13.0. The lowest BCUT2D eigenvalue weighted by atomic mass is 10.1. The number of hydrogen-bond acceptors (Lipinski definition) is 4. The second kappa shape index (κ2) is 5.91. The molecule has 2 rings (SSSR count). The van der Waals surface area contributed by atoms with Crippen molar-refractivity contribution in [2.45, 2.75) is 13.3 Å². The van der Waals surface area contributed by atoms with Crippen LogP contribution in [0.25, 0.3) is 0 Å². The molecule has 4 heteroatoms. The highest BCUT2D eigenvalue weighted by molar-refractivity contribution is 5.97. The van der Waals surface area contributed by atoms with Crippen molar-refractivity contribution in [2.24, 2.45) is 0 Å². The molecule has 0 fully saturated rings. The molecule has 1 aromatic heterocycles. The van der Waals surface area contributed by atoms with E-state index in [1.807, 2.05) is 31.2 Å². The summed E-state index contributed by atoms with van der Waals surface area (Å²) < 4.78 is 4.76. The Morgan fingerprint density at radius 2 is 1.68 bits per heavy atom. The maximum absolute atomic E-state index is 11.6. The van der Waals surface area contributed by atoms with E-state index in [4.69, 9.17) is 4.74 Å². The third-order valence-corrected chi connectivity index (χ3v) is 2.59. The summed E-state index contributed by atoms with van der Waals surface area (Å²) in [5, 5.41) is 0. The lowest BCUT2D eigenvalue weighted by Crippen LogP contribution is -2.14. The normalized spacial score (nSPS) is 9.95. The number of carbonyl (C=O) groups is 2. The van der Waals surface area contributed by atoms with Crippen LogP contribution in [0.3, 0.4) is 0 Å². The van der Waals surface area contributed by atoms with Gasteiger partial charge in [0.05, 0.1) is 12.0 Å². The molecule has 0 radical (unpaired) electrons. The molecule has 4 nitrogen and oxygen atoms in total. The number of nitrogens with zero attached hydrogens (tertiary/aromatic N) is 1. The molecule has 0 N–H and O–H groups in total. The summed E-state index contributed by atoms with van der Waals surface area (Å²) in [5.74, 6) is -1.22. The molecule has 0 saturated carbocycles. The largest absolute Gasteiger partial charge is 0.389 e. The number of esters is 2. The van der Waals surface area contributed by atoms with Crippen molar-refractivity contribution in [3.05, 3.63) is 65.5 Å². The number of aromatic nitrogens is 1. The third kappa shape index (κ3) is 3.74. The fraction of sp³-hybridized carbons (Fsp3) is 0.133. The maximum atomic E-state index is 11.6. The molecule has 0 amide bonds. The molecule has 1 aromatic carbocycles. The van der Waals surface area contributed by atoms with E-state index in [1.165, 1.54) is 24.5 Å². The molecule has 0 atom stereocenters. The molecule has 96 valence electrons. The van der Waals surface area contributed by atoms with Gasteiger partial charge in [0.15, 0.2) is 0 Å². The van der Waals surface area contributed by atoms with Crippen LogP contribution < -0.4 is 0 Å². The molecule has 1 heterocycles. The number of aryl methyl sites for hydroxylation is 1. The topological polar surface area (TPSA) is 56.3 Å². The van der Waals surface area contributed by atoms with Gasteiger partial charge in [-0.25, -0.2) is 4.79 Å². The zero-order valence-corrected chi connectivity index (χ0v) is 10.5. The Balaban J connectivity index is 1.95. The summed E-state index contributed by atoms with van der Waals surface area (Å²) in [4.78, 5) is 27.0. The third-order valence-electron chi connectivity index (χ3n) is 2.59. The van der Waals surface area contributed by atoms with Crippen molar-refractivity contribution in [1.82, 2.24) is 4.98 Å². The average molecular weight is 255 g/mol. The van der Waals surface area contributed by atoms with Gasteiger partial charge in [0, 0.05) is 12.4 Å². The van der Waals surface area contributed by atoms with Gasteiger partial charge in [-0.05, 0) is 24.6 Å². The second-order valence-corrected chi connectivity index (χ2v) is 4.16. The van der Waals surface area contributed by atoms with Crippen molar-refractivity contribution < 1.29 is 14.3 Å². The smallest absolute Gasteiger partial charge is 0.345 e. The van der Waals surface area contributed by atoms with Gasteiger partial charge in [-0.3, -0.25) is 9.78 Å². The maximum Gasteiger partial charge on any atom is 0.345 e. The molecule has 0 unspecified atom stereocenters. The quantitative estimate of drug-likeness (QED) is 0.624. The van der Waals surface area contributed by atoms with Crippen LogP contribution in [0.5, 0.6) is 0 Å². The highest BCUT2D eigenvalue weighted by Crippen LogP contribution is 2.06. The average Bonchev–Trinajstić information content (AvgIpc) is 2.42. The molecule has 0 aliphatic heterocycles. The van der Waals surface area contributed by atoms with Gasteiger partial charge in [0.25, 0.3) is 0 Å². The number of rotatable bonds is 3. The summed E-state index contributed by atoms with van der Waals surface area (Å²) in [6, 6.07) is 10.5. The lowest BCUT2D eigenvalue weighted by molar-refractivity contribution is -0.137. The number of hydrogen-bond donors (Lipinski definition) is 0. The minimum Gasteiger partial charge on any atom is -0.389 e. The SMILES string of the molecule is Cc1ccc(CC(=O)OC(=O)c2ccncc2)cc1. The van der Waals surface area contributed by atoms with Gasteiger partial charge in [-0.1, -0.05) is 29.8 Å². The number of ether oxygens (including phenoxy) is 1. The second-order valence-electron chi connectivity index (χ2n) is 4.16. The number of benzene rings is 1. The first-order valence-corrected chi connectivity index (χ1v) is 5.86. The molecule has 2 aromatic rings. The monoisotopic (exact) mass is 255 g/mol. The Bertz CT molecular complexity index is 576. The van der Waals surface area contributed by atoms with Crippen molar-refractivity contribution in [2.75, 3.05) is 0 Å². The zero-order chi connectivity index (χ0) is 13.7. The van der Waals surface area contributed by atoms with Crippen LogP contribution >= 0.6 is 0 Å². The summed E-state index contributed by atoms with van der Waals surface area (Å²) in [5.41, 5.74) is 2.25. The van der Waals surface area contributed by atoms with Crippen LogP contribution in [-0.4, -0.2) is 16.9 Å². The Hall–Kier alpha value is -2.49. The van der Waals surface area contributed by atoms with E-state index in [1.54, 1.807) is 0 Å². The summed E-state index contributed by atoms with van der Waals surface area (Å²) >= 11 is 0. The van der Waals surface area contributed by atoms with Crippen LogP contribution in [0.15, 0.2) is 48.8 Å². The molecule has 0 spiro atoms. The van der Waals surface area contributed by atoms with Gasteiger partial charge in [0.1, 0.15) is 0 Å². The van der Waals surface area contributed by atoms with E-state index in [-0.39, 0.29) is 6.42 Å². The minimum atomic E-state index is -0.653. The first-order valence-electron chi connectivity index (χ1n) is 5.86. The van der Waals surface area contributed by atoms with Crippen LogP contribution in [0, 0.1) is 6.92 Å². The van der Waals surface area contributed by atoms with Crippen LogP contribution in [0.2, 0.25) is 0 Å². The Morgan fingerprint density at radius 3 is 2.32 bits per heavy atom. The molecule has 0 bridgehead atoms. The fourth-order valence-electron chi connectivity index (χ4n) is 1.56. The summed E-state index contributed by atoms with van der Waals surface area (Å²) in [6.07, 6.45) is 3.03. The Morgan fingerprint density at radius 1 is 1.05 bits per heavy atom. The van der Waals surface area contributed by atoms with Gasteiger partial charge in [0.2, 0.25) is 0 Å². The standard InChI is InChI=1S/C15H13NO3/c1-11-2-4-12(5-3-11)10-14(17)19-15(18)13-6-8-16-9-7-13/h2-9H,10H2,1H3. The van der Waals surface area contributed by atoms with Crippen LogP contribution in [-0.2, 0) is 16.0 Å². The molecule has 0 saturated heterocycles. The molecular formula is C15H13NO3. The molecule has 19 heavy (non-hydrogen) atoms. The highest BCUT2D eigenvalue weighted by Gasteiger charge is 2.13. The van der Waals surface area contributed by atoms with Gasteiger partial charge < -0.3 is 4.74 Å². The predicted molar refractivity (Wildman–Crippen MR) is 69.5 cm³/mol. The van der Waals surface area contributed by atoms with Crippen LogP contribution in [0.4, 0.5) is 0 Å². The zero-order valence-electron chi connectivity index (χ0n) is 10.5. The molecule has 0 aliphatic rings. The van der Waals surface area contributed by atoms with E-state index in [0.717, 1.165) is 11.1 Å². The van der Waals surface area contributed by atoms with Crippen LogP contribution in [0.1, 0.15) is 21.5 Å². The number of pyridine rings is 1. The summed E-state index contributed by atoms with van der Waals surface area (Å²) in [6.45, 7) is 1.97. The fourth-order valence-corrected chi connectivity index (χ4v) is 1.56. The minimum absolute atomic E-state index is 0.0805. The van der Waals surface area contributed by atoms with Gasteiger partial charge in [-0.2, -0.15) is 0 Å². The molecular weight excluding hydrogens is 242 g/mol. The van der Waals surface area contributed by atoms with Crippen molar-refractivity contribution in [1.29, 1.82) is 0 Å². The molecule has 0 aliphatic carbocycles. The van der Waals surface area contributed by atoms with Gasteiger partial charge in [-0.15, -0.1) is 0 Å². The first-order chi connectivity index (χ1) is 9.15. The summed E-state index contributed by atoms with van der Waals surface area (Å²) in [7, 11) is 0. The predicted octanol–water partition coefficient (Wildman–Crippen LogP) is 2.32. The van der Waals surface area contributed by atoms with E-state index >= 15 is 0 Å². The van der Waals surface area contributed by atoms with Crippen molar-refractivity contribution in [3.63, 3.8) is 0 Å². The van der Waals surface area contributed by atoms with Crippen molar-refractivity contribution >= 4 is 11.9 Å². The number of carbonyl (C=O) groups excluding carboxylic acids is 2. The van der Waals surface area contributed by atoms with Crippen molar-refractivity contribution in [3.8, 4) is 0 Å². The van der Waals surface area contributed by atoms with E-state index in [9.17, 15) is 9.59 Å². The lowest BCUT2D eigenvalue weighted by Gasteiger charge is -2.03. The van der Waals surface area contributed by atoms with E-state index < -0.39 is 11.9 Å². The Kier molecular flexibility index (Phi) is 4.03. The van der Waals surface area contributed by atoms with E-state index in [2.05, 4.69) is 4.98 Å². The Labute approximate surface area is 111 Å². The van der Waals surface area contributed by atoms with Gasteiger partial charge >= 0.3 is 11.9 Å².